The highest BCUT2D eigenvalue weighted by atomic mass is 32.2. The van der Waals surface area contributed by atoms with Crippen LogP contribution in [0.4, 0.5) is 5.82 Å². The summed E-state index contributed by atoms with van der Waals surface area (Å²) >= 11 is 0. The molecule has 0 aliphatic carbocycles. The summed E-state index contributed by atoms with van der Waals surface area (Å²) in [6.07, 6.45) is 3.18. The van der Waals surface area contributed by atoms with Crippen LogP contribution in [0.1, 0.15) is 15.9 Å². The normalized spacial score (nSPS) is 11.0. The van der Waals surface area contributed by atoms with Crippen LogP contribution in [0.3, 0.4) is 0 Å². The predicted molar refractivity (Wildman–Crippen MR) is 102 cm³/mol. The number of pyridine rings is 1. The second kappa shape index (κ2) is 8.59. The minimum absolute atomic E-state index is 0.0330. The molecular weight excluding hydrogens is 352 g/mol. The van der Waals surface area contributed by atoms with Gasteiger partial charge in [0.2, 0.25) is 10.0 Å². The van der Waals surface area contributed by atoms with Gasteiger partial charge >= 0.3 is 0 Å². The highest BCUT2D eigenvalue weighted by Crippen LogP contribution is 2.14. The van der Waals surface area contributed by atoms with Crippen LogP contribution in [0.2, 0.25) is 0 Å². The molecule has 0 spiro atoms. The van der Waals surface area contributed by atoms with E-state index < -0.39 is 10.0 Å². The van der Waals surface area contributed by atoms with Crippen molar-refractivity contribution in [3.8, 4) is 0 Å². The number of anilines is 1. The van der Waals surface area contributed by atoms with Gasteiger partial charge in [0.1, 0.15) is 5.82 Å². The Morgan fingerprint density at radius 1 is 1.27 bits per heavy atom. The smallest absolute Gasteiger partial charge is 0.251 e. The molecule has 1 aromatic heterocycles. The number of nitrogens with zero attached hydrogens (tertiary/aromatic N) is 2. The van der Waals surface area contributed by atoms with E-state index in [-0.39, 0.29) is 22.9 Å². The first-order valence-corrected chi connectivity index (χ1v) is 9.43. The molecule has 1 heterocycles. The van der Waals surface area contributed by atoms with Gasteiger partial charge in [0.25, 0.3) is 5.91 Å². The number of benzene rings is 1. The molecule has 0 fully saturated rings. The lowest BCUT2D eigenvalue weighted by molar-refractivity contribution is 0.0958. The second-order valence-electron chi connectivity index (χ2n) is 5.77. The van der Waals surface area contributed by atoms with E-state index >= 15 is 0 Å². The Labute approximate surface area is 153 Å². The second-order valence-corrected chi connectivity index (χ2v) is 7.53. The number of nitrogens with one attached hydrogen (secondary N) is 2. The Morgan fingerprint density at radius 3 is 2.73 bits per heavy atom. The van der Waals surface area contributed by atoms with Crippen molar-refractivity contribution in [2.24, 2.45) is 0 Å². The number of carbonyl (C=O) groups excluding carboxylic acids is 1. The molecule has 0 aliphatic heterocycles. The fourth-order valence-corrected chi connectivity index (χ4v) is 3.21. The van der Waals surface area contributed by atoms with Gasteiger partial charge in [-0.1, -0.05) is 12.1 Å². The summed E-state index contributed by atoms with van der Waals surface area (Å²) < 4.78 is 27.6. The van der Waals surface area contributed by atoms with Gasteiger partial charge in [0, 0.05) is 38.9 Å². The maximum atomic E-state index is 12.5. The lowest BCUT2D eigenvalue weighted by Crippen LogP contribution is -2.25. The molecule has 8 heteroatoms. The van der Waals surface area contributed by atoms with Crippen molar-refractivity contribution in [1.82, 2.24) is 15.0 Å². The molecule has 1 aromatic carbocycles. The van der Waals surface area contributed by atoms with E-state index in [0.717, 1.165) is 11.4 Å². The standard InChI is InChI=1S/C18H22N4O3S/c1-4-9-20-18(23)15-6-5-7-16(12-15)26(24,25)21-13-14-8-10-19-17(11-14)22(2)3/h4-8,10-12,21H,1,9,13H2,2-3H3,(H,20,23). The molecular formula is C18H22N4O3S. The molecule has 0 atom stereocenters. The number of carbonyl (C=O) groups is 1. The molecule has 0 saturated heterocycles. The van der Waals surface area contributed by atoms with Crippen LogP contribution in [0.5, 0.6) is 0 Å². The van der Waals surface area contributed by atoms with Gasteiger partial charge in [-0.3, -0.25) is 4.79 Å². The number of aromatic nitrogens is 1. The van der Waals surface area contributed by atoms with Crippen molar-refractivity contribution in [2.75, 3.05) is 25.5 Å². The fraction of sp³-hybridized carbons (Fsp3) is 0.222. The number of rotatable bonds is 8. The number of amides is 1. The predicted octanol–water partition coefficient (Wildman–Crippen LogP) is 1.54. The van der Waals surface area contributed by atoms with Gasteiger partial charge in [-0.05, 0) is 35.9 Å². The monoisotopic (exact) mass is 374 g/mol. The Bertz CT molecular complexity index is 895. The average Bonchev–Trinajstić information content (AvgIpc) is 2.65. The Morgan fingerprint density at radius 2 is 2.04 bits per heavy atom. The highest BCUT2D eigenvalue weighted by molar-refractivity contribution is 7.89. The van der Waals surface area contributed by atoms with E-state index in [4.69, 9.17) is 0 Å². The molecule has 2 rings (SSSR count). The minimum atomic E-state index is -3.75. The molecule has 2 aromatic rings. The van der Waals surface area contributed by atoms with Gasteiger partial charge in [-0.2, -0.15) is 0 Å². The molecule has 0 saturated carbocycles. The Hall–Kier alpha value is -2.71. The summed E-state index contributed by atoms with van der Waals surface area (Å²) in [4.78, 5) is 18.0. The zero-order valence-electron chi connectivity index (χ0n) is 14.8. The third-order valence-electron chi connectivity index (χ3n) is 3.55. The van der Waals surface area contributed by atoms with Gasteiger partial charge in [-0.15, -0.1) is 6.58 Å². The first-order chi connectivity index (χ1) is 12.3. The van der Waals surface area contributed by atoms with Gasteiger partial charge in [0.15, 0.2) is 0 Å². The molecule has 0 unspecified atom stereocenters. The molecule has 0 bridgehead atoms. The van der Waals surface area contributed by atoms with Gasteiger partial charge < -0.3 is 10.2 Å². The van der Waals surface area contributed by atoms with E-state index in [1.54, 1.807) is 24.4 Å². The quantitative estimate of drug-likeness (QED) is 0.684. The average molecular weight is 374 g/mol. The first kappa shape index (κ1) is 19.6. The molecule has 2 N–H and O–H groups in total. The lowest BCUT2D eigenvalue weighted by atomic mass is 10.2. The number of hydrogen-bond acceptors (Lipinski definition) is 5. The molecule has 138 valence electrons. The van der Waals surface area contributed by atoms with Crippen molar-refractivity contribution in [1.29, 1.82) is 0 Å². The van der Waals surface area contributed by atoms with Crippen molar-refractivity contribution in [3.63, 3.8) is 0 Å². The summed E-state index contributed by atoms with van der Waals surface area (Å²) in [6.45, 7) is 3.96. The lowest BCUT2D eigenvalue weighted by Gasteiger charge is -2.13. The summed E-state index contributed by atoms with van der Waals surface area (Å²) in [6, 6.07) is 9.44. The first-order valence-electron chi connectivity index (χ1n) is 7.94. The SMILES string of the molecule is C=CCNC(=O)c1cccc(S(=O)(=O)NCc2ccnc(N(C)C)c2)c1. The minimum Gasteiger partial charge on any atom is -0.363 e. The van der Waals surface area contributed by atoms with Crippen LogP contribution < -0.4 is 14.9 Å². The van der Waals surface area contributed by atoms with Crippen molar-refractivity contribution in [2.45, 2.75) is 11.4 Å². The van der Waals surface area contributed by atoms with E-state index in [2.05, 4.69) is 21.6 Å². The molecule has 0 radical (unpaired) electrons. The summed E-state index contributed by atoms with van der Waals surface area (Å²) in [5.74, 6) is 0.384. The van der Waals surface area contributed by atoms with E-state index in [9.17, 15) is 13.2 Å². The zero-order chi connectivity index (χ0) is 19.2. The third-order valence-corrected chi connectivity index (χ3v) is 4.95. The third kappa shape index (κ3) is 5.14. The number of sulfonamides is 1. The van der Waals surface area contributed by atoms with Gasteiger partial charge in [0.05, 0.1) is 4.90 Å². The van der Waals surface area contributed by atoms with Crippen LogP contribution in [0.25, 0.3) is 0 Å². The molecule has 7 nitrogen and oxygen atoms in total. The maximum Gasteiger partial charge on any atom is 0.251 e. The Kier molecular flexibility index (Phi) is 6.48. The topological polar surface area (TPSA) is 91.4 Å². The molecule has 26 heavy (non-hydrogen) atoms. The van der Waals surface area contributed by atoms with Crippen LogP contribution >= 0.6 is 0 Å². The summed E-state index contributed by atoms with van der Waals surface area (Å²) in [5, 5.41) is 2.62. The van der Waals surface area contributed by atoms with E-state index in [1.807, 2.05) is 25.1 Å². The maximum absolute atomic E-state index is 12.5. The van der Waals surface area contributed by atoms with Gasteiger partial charge in [-0.25, -0.2) is 18.1 Å². The van der Waals surface area contributed by atoms with Crippen LogP contribution in [-0.4, -0.2) is 39.9 Å². The van der Waals surface area contributed by atoms with Crippen LogP contribution in [0, 0.1) is 0 Å². The van der Waals surface area contributed by atoms with Crippen molar-refractivity contribution < 1.29 is 13.2 Å². The van der Waals surface area contributed by atoms with E-state index in [1.165, 1.54) is 18.2 Å². The summed E-state index contributed by atoms with van der Waals surface area (Å²) in [5.41, 5.74) is 1.06. The van der Waals surface area contributed by atoms with Crippen molar-refractivity contribution in [3.05, 3.63) is 66.4 Å². The van der Waals surface area contributed by atoms with Crippen molar-refractivity contribution >= 4 is 21.7 Å². The van der Waals surface area contributed by atoms with Crippen LogP contribution in [0.15, 0.2) is 60.1 Å². The van der Waals surface area contributed by atoms with E-state index in [0.29, 0.717) is 6.54 Å². The molecule has 1 amide bonds. The highest BCUT2D eigenvalue weighted by Gasteiger charge is 2.16. The number of hydrogen-bond donors (Lipinski definition) is 2. The Balaban J connectivity index is 2.14. The zero-order valence-corrected chi connectivity index (χ0v) is 15.6. The fourth-order valence-electron chi connectivity index (χ4n) is 2.15. The largest absolute Gasteiger partial charge is 0.363 e. The summed E-state index contributed by atoms with van der Waals surface area (Å²) in [7, 11) is -0.0316. The molecule has 0 aliphatic rings. The van der Waals surface area contributed by atoms with Crippen LogP contribution in [-0.2, 0) is 16.6 Å².